The first kappa shape index (κ1) is 10.2. The van der Waals surface area contributed by atoms with Crippen LogP contribution in [0.1, 0.15) is 28.6 Å². The Morgan fingerprint density at radius 2 is 2.00 bits per heavy atom. The van der Waals surface area contributed by atoms with Crippen molar-refractivity contribution in [3.05, 3.63) is 34.0 Å². The molecule has 0 saturated carbocycles. The van der Waals surface area contributed by atoms with Crippen LogP contribution in [0, 0.1) is 13.8 Å². The molecule has 15 heavy (non-hydrogen) atoms. The van der Waals surface area contributed by atoms with Crippen molar-refractivity contribution in [2.24, 2.45) is 0 Å². The van der Waals surface area contributed by atoms with Crippen molar-refractivity contribution in [1.29, 1.82) is 0 Å². The smallest absolute Gasteiger partial charge is 0.195 e. The van der Waals surface area contributed by atoms with Gasteiger partial charge in [-0.05, 0) is 25.5 Å². The highest BCUT2D eigenvalue weighted by molar-refractivity contribution is 6.35. The molecule has 0 atom stereocenters. The molecule has 2 aromatic rings. The lowest BCUT2D eigenvalue weighted by Gasteiger charge is -1.97. The summed E-state index contributed by atoms with van der Waals surface area (Å²) in [7, 11) is 0. The first-order valence-electron chi connectivity index (χ1n) is 4.71. The number of rotatable bonds is 1. The fourth-order valence-corrected chi connectivity index (χ4v) is 2.05. The molecule has 2 rings (SSSR count). The third-order valence-corrected chi connectivity index (χ3v) is 2.86. The van der Waals surface area contributed by atoms with E-state index in [1.807, 2.05) is 19.9 Å². The average Bonchev–Trinajstić information content (AvgIpc) is 2.51. The topological polar surface area (TPSA) is 30.2 Å². The van der Waals surface area contributed by atoms with Gasteiger partial charge in [0.05, 0.1) is 5.02 Å². The Morgan fingerprint density at radius 3 is 2.53 bits per heavy atom. The summed E-state index contributed by atoms with van der Waals surface area (Å²) in [5.41, 5.74) is 2.56. The van der Waals surface area contributed by atoms with E-state index < -0.39 is 0 Å². The lowest BCUT2D eigenvalue weighted by molar-refractivity contribution is 0.0988. The molecule has 0 spiro atoms. The molecule has 2 nitrogen and oxygen atoms in total. The number of benzene rings is 1. The predicted molar refractivity (Wildman–Crippen MR) is 60.7 cm³/mol. The van der Waals surface area contributed by atoms with Crippen molar-refractivity contribution in [2.75, 3.05) is 0 Å². The molecule has 78 valence electrons. The van der Waals surface area contributed by atoms with Crippen LogP contribution in [-0.2, 0) is 0 Å². The van der Waals surface area contributed by atoms with Crippen molar-refractivity contribution in [2.45, 2.75) is 20.8 Å². The van der Waals surface area contributed by atoms with Gasteiger partial charge in [-0.15, -0.1) is 0 Å². The number of ketones is 1. The molecule has 0 aliphatic carbocycles. The fourth-order valence-electron chi connectivity index (χ4n) is 1.85. The van der Waals surface area contributed by atoms with E-state index in [0.717, 1.165) is 16.5 Å². The van der Waals surface area contributed by atoms with Crippen LogP contribution in [0.15, 0.2) is 16.5 Å². The highest BCUT2D eigenvalue weighted by Crippen LogP contribution is 2.33. The molecule has 0 aliphatic rings. The molecule has 0 amide bonds. The Balaban J connectivity index is 2.93. The summed E-state index contributed by atoms with van der Waals surface area (Å²) >= 11 is 6.01. The second kappa shape index (κ2) is 3.38. The van der Waals surface area contributed by atoms with E-state index in [1.54, 1.807) is 6.07 Å². The summed E-state index contributed by atoms with van der Waals surface area (Å²) in [6, 6.07) is 3.71. The largest absolute Gasteiger partial charge is 0.451 e. The van der Waals surface area contributed by atoms with Crippen molar-refractivity contribution < 1.29 is 9.21 Å². The van der Waals surface area contributed by atoms with Gasteiger partial charge >= 0.3 is 0 Å². The second-order valence-electron chi connectivity index (χ2n) is 3.68. The third-order valence-electron chi connectivity index (χ3n) is 2.56. The van der Waals surface area contributed by atoms with Crippen molar-refractivity contribution >= 4 is 28.4 Å². The maximum Gasteiger partial charge on any atom is 0.195 e. The zero-order valence-corrected chi connectivity index (χ0v) is 9.61. The summed E-state index contributed by atoms with van der Waals surface area (Å²) in [6.07, 6.45) is 0. The van der Waals surface area contributed by atoms with Crippen molar-refractivity contribution in [1.82, 2.24) is 0 Å². The SMILES string of the molecule is CC(=O)c1oc2c(Cl)ccc(C)c2c1C. The highest BCUT2D eigenvalue weighted by Gasteiger charge is 2.17. The maximum absolute atomic E-state index is 11.3. The summed E-state index contributed by atoms with van der Waals surface area (Å²) in [4.78, 5) is 11.3. The molecule has 0 N–H and O–H groups in total. The number of aryl methyl sites for hydroxylation is 2. The molecule has 1 heterocycles. The third kappa shape index (κ3) is 1.45. The fraction of sp³-hybridized carbons (Fsp3) is 0.250. The van der Waals surface area contributed by atoms with Crippen LogP contribution in [-0.4, -0.2) is 5.78 Å². The minimum atomic E-state index is -0.0702. The minimum absolute atomic E-state index is 0.0702. The standard InChI is InChI=1S/C12H11ClO2/c1-6-4-5-9(13)12-10(6)7(2)11(15-12)8(3)14/h4-5H,1-3H3. The Bertz CT molecular complexity index is 552. The van der Waals surface area contributed by atoms with E-state index in [2.05, 4.69) is 0 Å². The molecule has 0 aliphatic heterocycles. The molecule has 0 fully saturated rings. The Morgan fingerprint density at radius 1 is 1.33 bits per heavy atom. The summed E-state index contributed by atoms with van der Waals surface area (Å²) in [6.45, 7) is 5.35. The normalized spacial score (nSPS) is 10.9. The molecule has 0 bridgehead atoms. The van der Waals surface area contributed by atoms with Gasteiger partial charge in [0.15, 0.2) is 17.1 Å². The highest BCUT2D eigenvalue weighted by atomic mass is 35.5. The summed E-state index contributed by atoms with van der Waals surface area (Å²) in [5.74, 6) is 0.334. The second-order valence-corrected chi connectivity index (χ2v) is 4.09. The first-order chi connectivity index (χ1) is 7.02. The number of carbonyl (C=O) groups is 1. The first-order valence-corrected chi connectivity index (χ1v) is 5.09. The summed E-state index contributed by atoms with van der Waals surface area (Å²) < 4.78 is 5.49. The number of carbonyl (C=O) groups excluding carboxylic acids is 1. The van der Waals surface area contributed by atoms with Gasteiger partial charge < -0.3 is 4.42 Å². The number of hydrogen-bond donors (Lipinski definition) is 0. The van der Waals surface area contributed by atoms with Crippen molar-refractivity contribution in [3.63, 3.8) is 0 Å². The van der Waals surface area contributed by atoms with E-state index in [9.17, 15) is 4.79 Å². The lowest BCUT2D eigenvalue weighted by Crippen LogP contribution is -1.90. The minimum Gasteiger partial charge on any atom is -0.451 e. The van der Waals surface area contributed by atoms with Crippen LogP contribution in [0.5, 0.6) is 0 Å². The number of hydrogen-bond acceptors (Lipinski definition) is 2. The molecular formula is C12H11ClO2. The number of halogens is 1. The van der Waals surface area contributed by atoms with Crippen LogP contribution in [0.2, 0.25) is 5.02 Å². The van der Waals surface area contributed by atoms with Gasteiger partial charge in [-0.1, -0.05) is 17.7 Å². The van der Waals surface area contributed by atoms with Gasteiger partial charge in [0.1, 0.15) is 0 Å². The lowest BCUT2D eigenvalue weighted by atomic mass is 10.1. The number of fused-ring (bicyclic) bond motifs is 1. The van der Waals surface area contributed by atoms with E-state index >= 15 is 0 Å². The van der Waals surface area contributed by atoms with E-state index in [1.165, 1.54) is 6.92 Å². The average molecular weight is 223 g/mol. The van der Waals surface area contributed by atoms with Gasteiger partial charge in [0.25, 0.3) is 0 Å². The molecule has 0 saturated heterocycles. The molecule has 0 radical (unpaired) electrons. The molecule has 3 heteroatoms. The Labute approximate surface area is 92.8 Å². The van der Waals surface area contributed by atoms with Gasteiger partial charge in [0, 0.05) is 17.9 Å². The van der Waals surface area contributed by atoms with Crippen LogP contribution in [0.3, 0.4) is 0 Å². The number of furan rings is 1. The predicted octanol–water partition coefficient (Wildman–Crippen LogP) is 3.91. The summed E-state index contributed by atoms with van der Waals surface area (Å²) in [5, 5.41) is 1.50. The van der Waals surface area contributed by atoms with Gasteiger partial charge in [0.2, 0.25) is 0 Å². The van der Waals surface area contributed by atoms with Crippen LogP contribution >= 0.6 is 11.6 Å². The molecule has 0 unspecified atom stereocenters. The van der Waals surface area contributed by atoms with Crippen LogP contribution in [0.25, 0.3) is 11.0 Å². The van der Waals surface area contributed by atoms with E-state index in [-0.39, 0.29) is 5.78 Å². The van der Waals surface area contributed by atoms with Crippen LogP contribution < -0.4 is 0 Å². The monoisotopic (exact) mass is 222 g/mol. The van der Waals surface area contributed by atoms with Gasteiger partial charge in [-0.25, -0.2) is 0 Å². The van der Waals surface area contributed by atoms with Gasteiger partial charge in [-0.3, -0.25) is 4.79 Å². The molecule has 1 aromatic carbocycles. The zero-order valence-electron chi connectivity index (χ0n) is 8.85. The molecule has 1 aromatic heterocycles. The maximum atomic E-state index is 11.3. The Kier molecular flexibility index (Phi) is 2.31. The van der Waals surface area contributed by atoms with E-state index in [4.69, 9.17) is 16.0 Å². The quantitative estimate of drug-likeness (QED) is 0.685. The number of Topliss-reactive ketones (excluding diaryl/α,β-unsaturated/α-hetero) is 1. The van der Waals surface area contributed by atoms with Gasteiger partial charge in [-0.2, -0.15) is 0 Å². The van der Waals surface area contributed by atoms with Crippen molar-refractivity contribution in [3.8, 4) is 0 Å². The van der Waals surface area contributed by atoms with E-state index in [0.29, 0.717) is 16.4 Å². The Hall–Kier alpha value is -1.28. The molecular weight excluding hydrogens is 212 g/mol. The van der Waals surface area contributed by atoms with Crippen LogP contribution in [0.4, 0.5) is 0 Å². The zero-order chi connectivity index (χ0) is 11.2.